The van der Waals surface area contributed by atoms with Gasteiger partial charge in [-0.25, -0.2) is 0 Å². The summed E-state index contributed by atoms with van der Waals surface area (Å²) in [6.07, 6.45) is 3.98. The normalized spacial score (nSPS) is 28.9. The highest BCUT2D eigenvalue weighted by Crippen LogP contribution is 2.45. The zero-order valence-electron chi connectivity index (χ0n) is 14.3. The lowest BCUT2D eigenvalue weighted by molar-refractivity contribution is 0.0315. The molecule has 1 aliphatic carbocycles. The van der Waals surface area contributed by atoms with Gasteiger partial charge in [0.25, 0.3) is 0 Å². The first kappa shape index (κ1) is 16.1. The Morgan fingerprint density at radius 2 is 2.05 bits per heavy atom. The van der Waals surface area contributed by atoms with Gasteiger partial charge in [-0.15, -0.1) is 0 Å². The first-order chi connectivity index (χ1) is 10.7. The van der Waals surface area contributed by atoms with Crippen LogP contribution in [0.4, 0.5) is 0 Å². The molecule has 22 heavy (non-hydrogen) atoms. The van der Waals surface area contributed by atoms with E-state index in [1.807, 2.05) is 0 Å². The van der Waals surface area contributed by atoms with Crippen molar-refractivity contribution in [3.63, 3.8) is 0 Å². The van der Waals surface area contributed by atoms with Gasteiger partial charge in [-0.3, -0.25) is 9.89 Å². The maximum atomic E-state index is 5.44. The topological polar surface area (TPSA) is 40.1 Å². The summed E-state index contributed by atoms with van der Waals surface area (Å²) >= 11 is 0. The third-order valence-electron chi connectivity index (χ3n) is 5.25. The molecule has 2 heterocycles. The zero-order valence-corrected chi connectivity index (χ0v) is 14.3. The summed E-state index contributed by atoms with van der Waals surface area (Å²) in [4.78, 5) is 9.94. The molecule has 0 aromatic rings. The van der Waals surface area contributed by atoms with Gasteiger partial charge in [-0.1, -0.05) is 6.92 Å². The first-order valence-corrected chi connectivity index (χ1v) is 9.02. The number of morpholine rings is 1. The van der Waals surface area contributed by atoms with Crippen LogP contribution in [0.5, 0.6) is 0 Å². The number of hydrogen-bond donors (Lipinski definition) is 1. The van der Waals surface area contributed by atoms with Crippen LogP contribution < -0.4 is 5.32 Å². The average Bonchev–Trinajstić information content (AvgIpc) is 3.08. The molecule has 0 spiro atoms. The number of nitrogens with one attached hydrogen (secondary N) is 1. The van der Waals surface area contributed by atoms with E-state index in [0.29, 0.717) is 5.41 Å². The molecule has 5 nitrogen and oxygen atoms in total. The first-order valence-electron chi connectivity index (χ1n) is 9.02. The van der Waals surface area contributed by atoms with Crippen LogP contribution in [0.2, 0.25) is 0 Å². The number of aliphatic imine (C=N–C) groups is 1. The quantitative estimate of drug-likeness (QED) is 0.616. The van der Waals surface area contributed by atoms with Crippen molar-refractivity contribution in [1.29, 1.82) is 0 Å². The van der Waals surface area contributed by atoms with Crippen molar-refractivity contribution < 1.29 is 4.74 Å². The molecule has 2 aliphatic heterocycles. The second-order valence-corrected chi connectivity index (χ2v) is 7.49. The maximum Gasteiger partial charge on any atom is 0.193 e. The Balaban J connectivity index is 1.50. The Hall–Kier alpha value is -0.810. The maximum absolute atomic E-state index is 5.44. The van der Waals surface area contributed by atoms with Crippen molar-refractivity contribution in [2.45, 2.75) is 33.1 Å². The highest BCUT2D eigenvalue weighted by atomic mass is 16.5. The third kappa shape index (κ3) is 4.35. The minimum absolute atomic E-state index is 0.494. The van der Waals surface area contributed by atoms with E-state index in [4.69, 9.17) is 9.73 Å². The summed E-state index contributed by atoms with van der Waals surface area (Å²) in [6.45, 7) is 14.0. The fourth-order valence-corrected chi connectivity index (χ4v) is 3.39. The highest BCUT2D eigenvalue weighted by Gasteiger charge is 2.37. The van der Waals surface area contributed by atoms with Crippen LogP contribution in [0.3, 0.4) is 0 Å². The SMILES string of the molecule is CCNC(=NCC1(C)CC1)N1CCC(CN2CCOCC2)C1. The Morgan fingerprint density at radius 1 is 1.27 bits per heavy atom. The third-order valence-corrected chi connectivity index (χ3v) is 5.25. The molecule has 1 atom stereocenters. The smallest absolute Gasteiger partial charge is 0.193 e. The van der Waals surface area contributed by atoms with Crippen LogP contribution in [-0.4, -0.2) is 74.8 Å². The molecule has 5 heteroatoms. The molecular weight excluding hydrogens is 276 g/mol. The van der Waals surface area contributed by atoms with Gasteiger partial charge >= 0.3 is 0 Å². The fourth-order valence-electron chi connectivity index (χ4n) is 3.39. The van der Waals surface area contributed by atoms with Crippen LogP contribution in [0.15, 0.2) is 4.99 Å². The fraction of sp³-hybridized carbons (Fsp3) is 0.941. The van der Waals surface area contributed by atoms with Crippen molar-refractivity contribution in [1.82, 2.24) is 15.1 Å². The lowest BCUT2D eigenvalue weighted by Gasteiger charge is -2.29. The average molecular weight is 308 g/mol. The Kier molecular flexibility index (Phi) is 5.24. The molecule has 3 fully saturated rings. The molecule has 1 N–H and O–H groups in total. The lowest BCUT2D eigenvalue weighted by Crippen LogP contribution is -2.42. The Labute approximate surface area is 135 Å². The van der Waals surface area contributed by atoms with E-state index in [9.17, 15) is 0 Å². The highest BCUT2D eigenvalue weighted by molar-refractivity contribution is 5.80. The summed E-state index contributed by atoms with van der Waals surface area (Å²) in [5, 5.41) is 3.49. The van der Waals surface area contributed by atoms with E-state index >= 15 is 0 Å². The standard InChI is InChI=1S/C17H32N4O/c1-3-18-16(19-14-17(2)5-6-17)21-7-4-15(13-21)12-20-8-10-22-11-9-20/h15H,3-14H2,1-2H3,(H,18,19). The van der Waals surface area contributed by atoms with Crippen molar-refractivity contribution >= 4 is 5.96 Å². The van der Waals surface area contributed by atoms with E-state index in [-0.39, 0.29) is 0 Å². The van der Waals surface area contributed by atoms with E-state index in [1.165, 1.54) is 25.8 Å². The summed E-state index contributed by atoms with van der Waals surface area (Å²) in [5.74, 6) is 1.92. The van der Waals surface area contributed by atoms with E-state index < -0.39 is 0 Å². The van der Waals surface area contributed by atoms with Gasteiger partial charge in [0.1, 0.15) is 0 Å². The molecule has 1 saturated carbocycles. The van der Waals surface area contributed by atoms with Crippen molar-refractivity contribution in [3.05, 3.63) is 0 Å². The molecule has 0 aromatic heterocycles. The molecular formula is C17H32N4O. The van der Waals surface area contributed by atoms with Crippen LogP contribution in [0.25, 0.3) is 0 Å². The minimum Gasteiger partial charge on any atom is -0.379 e. The number of ether oxygens (including phenoxy) is 1. The van der Waals surface area contributed by atoms with Gasteiger partial charge in [0.15, 0.2) is 5.96 Å². The van der Waals surface area contributed by atoms with Gasteiger partial charge in [0.2, 0.25) is 0 Å². The van der Waals surface area contributed by atoms with E-state index in [2.05, 4.69) is 29.0 Å². The van der Waals surface area contributed by atoms with Crippen molar-refractivity contribution in [2.75, 3.05) is 59.0 Å². The number of nitrogens with zero attached hydrogens (tertiary/aromatic N) is 3. The van der Waals surface area contributed by atoms with Gasteiger partial charge in [-0.05, 0) is 37.5 Å². The van der Waals surface area contributed by atoms with Crippen LogP contribution in [-0.2, 0) is 4.74 Å². The number of hydrogen-bond acceptors (Lipinski definition) is 3. The second kappa shape index (κ2) is 7.18. The second-order valence-electron chi connectivity index (χ2n) is 7.49. The summed E-state index contributed by atoms with van der Waals surface area (Å²) < 4.78 is 5.44. The summed E-state index contributed by atoms with van der Waals surface area (Å²) in [7, 11) is 0. The van der Waals surface area contributed by atoms with Gasteiger partial charge in [0, 0.05) is 45.8 Å². The molecule has 0 radical (unpaired) electrons. The number of guanidine groups is 1. The largest absolute Gasteiger partial charge is 0.379 e. The Bertz CT molecular complexity index is 388. The molecule has 3 aliphatic rings. The zero-order chi connectivity index (χ0) is 15.4. The monoisotopic (exact) mass is 308 g/mol. The molecule has 0 amide bonds. The summed E-state index contributed by atoms with van der Waals surface area (Å²) in [6, 6.07) is 0. The van der Waals surface area contributed by atoms with E-state index in [1.54, 1.807) is 0 Å². The lowest BCUT2D eigenvalue weighted by atomic mass is 10.1. The van der Waals surface area contributed by atoms with Gasteiger partial charge in [0.05, 0.1) is 13.2 Å². The van der Waals surface area contributed by atoms with Crippen LogP contribution >= 0.6 is 0 Å². The number of rotatable bonds is 5. The van der Waals surface area contributed by atoms with Crippen LogP contribution in [0.1, 0.15) is 33.1 Å². The van der Waals surface area contributed by atoms with Crippen LogP contribution in [0, 0.1) is 11.3 Å². The van der Waals surface area contributed by atoms with Gasteiger partial charge in [-0.2, -0.15) is 0 Å². The minimum atomic E-state index is 0.494. The predicted molar refractivity (Wildman–Crippen MR) is 90.3 cm³/mol. The van der Waals surface area contributed by atoms with Crippen molar-refractivity contribution in [3.8, 4) is 0 Å². The van der Waals surface area contributed by atoms with E-state index in [0.717, 1.165) is 64.4 Å². The molecule has 2 saturated heterocycles. The molecule has 3 rings (SSSR count). The van der Waals surface area contributed by atoms with Crippen molar-refractivity contribution in [2.24, 2.45) is 16.3 Å². The molecule has 0 aromatic carbocycles. The van der Waals surface area contributed by atoms with Gasteiger partial charge < -0.3 is 15.0 Å². The molecule has 0 bridgehead atoms. The summed E-state index contributed by atoms with van der Waals surface area (Å²) in [5.41, 5.74) is 0.494. The molecule has 1 unspecified atom stereocenters. The molecule has 126 valence electrons. The Morgan fingerprint density at radius 3 is 2.73 bits per heavy atom. The number of likely N-dealkylation sites (tertiary alicyclic amines) is 1. The predicted octanol–water partition coefficient (Wildman–Crippen LogP) is 1.41.